The number of fused-ring (bicyclic) bond motifs is 1. The van der Waals surface area contributed by atoms with Crippen LogP contribution in [0.3, 0.4) is 0 Å². The molecule has 0 unspecified atom stereocenters. The highest BCUT2D eigenvalue weighted by Gasteiger charge is 2.40. The molecular weight excluding hydrogens is 477 g/mol. The van der Waals surface area contributed by atoms with Crippen molar-refractivity contribution in [2.45, 2.75) is 26.4 Å². The molecule has 186 valence electrons. The summed E-state index contributed by atoms with van der Waals surface area (Å²) >= 11 is 0. The van der Waals surface area contributed by atoms with Crippen molar-refractivity contribution in [2.24, 2.45) is 0 Å². The molecule has 0 amide bonds. The number of rotatable bonds is 7. The van der Waals surface area contributed by atoms with Crippen LogP contribution in [0.1, 0.15) is 35.5 Å². The van der Waals surface area contributed by atoms with Gasteiger partial charge in [-0.15, -0.1) is 0 Å². The van der Waals surface area contributed by atoms with E-state index in [0.29, 0.717) is 12.4 Å². The normalized spacial score (nSPS) is 11.4. The highest BCUT2D eigenvalue weighted by Crippen LogP contribution is 2.38. The highest BCUT2D eigenvalue weighted by atomic mass is 19.4. The Kier molecular flexibility index (Phi) is 7.00. The van der Waals surface area contributed by atoms with E-state index in [1.54, 1.807) is 24.3 Å². The fourth-order valence-electron chi connectivity index (χ4n) is 3.43. The molecule has 0 saturated carbocycles. The van der Waals surface area contributed by atoms with E-state index in [9.17, 15) is 22.8 Å². The molecule has 3 aromatic carbocycles. The van der Waals surface area contributed by atoms with E-state index >= 15 is 0 Å². The first kappa shape index (κ1) is 24.8. The zero-order valence-electron chi connectivity index (χ0n) is 19.3. The quantitative estimate of drug-likeness (QED) is 0.206. The number of carbonyl (C=O) groups is 1. The summed E-state index contributed by atoms with van der Waals surface area (Å²) in [6.45, 7) is 4.21. The first-order valence-electron chi connectivity index (χ1n) is 11.1. The lowest BCUT2D eigenvalue weighted by atomic mass is 10.1. The van der Waals surface area contributed by atoms with Gasteiger partial charge in [0.2, 0.25) is 11.2 Å². The van der Waals surface area contributed by atoms with Gasteiger partial charge in [0.05, 0.1) is 17.6 Å². The molecule has 9 heteroatoms. The number of hydrogen-bond donors (Lipinski definition) is 0. The van der Waals surface area contributed by atoms with Gasteiger partial charge < -0.3 is 18.6 Å². The maximum absolute atomic E-state index is 13.8. The summed E-state index contributed by atoms with van der Waals surface area (Å²) in [5, 5.41) is -0.163. The summed E-state index contributed by atoms with van der Waals surface area (Å²) in [5.74, 6) is -2.77. The van der Waals surface area contributed by atoms with E-state index in [2.05, 4.69) is 0 Å². The Hall–Kier alpha value is -4.27. The van der Waals surface area contributed by atoms with Crippen molar-refractivity contribution in [2.75, 3.05) is 6.61 Å². The van der Waals surface area contributed by atoms with Crippen LogP contribution in [0.2, 0.25) is 0 Å². The largest absolute Gasteiger partial charge is 0.494 e. The molecule has 0 aliphatic heterocycles. The highest BCUT2D eigenvalue weighted by molar-refractivity contribution is 5.91. The van der Waals surface area contributed by atoms with Crippen LogP contribution in [-0.2, 0) is 12.6 Å². The van der Waals surface area contributed by atoms with Gasteiger partial charge >= 0.3 is 12.1 Å². The van der Waals surface area contributed by atoms with Crippen molar-refractivity contribution in [1.29, 1.82) is 0 Å². The second-order valence-electron chi connectivity index (χ2n) is 7.69. The lowest BCUT2D eigenvalue weighted by molar-refractivity contribution is -0.154. The first-order valence-corrected chi connectivity index (χ1v) is 11.1. The minimum Gasteiger partial charge on any atom is -0.494 e. The van der Waals surface area contributed by atoms with E-state index in [4.69, 9.17) is 18.6 Å². The Morgan fingerprint density at radius 3 is 2.14 bits per heavy atom. The lowest BCUT2D eigenvalue weighted by Crippen LogP contribution is -2.15. The number of esters is 1. The summed E-state index contributed by atoms with van der Waals surface area (Å²) in [6.07, 6.45) is -4.28. The van der Waals surface area contributed by atoms with Gasteiger partial charge in [-0.2, -0.15) is 13.2 Å². The SMILES string of the molecule is CCOc1ccc(C(=O)Oc2ccc3c(=O)c(Oc4ccc(CC)cc4)c(C(F)(F)F)oc3c2)cc1. The summed E-state index contributed by atoms with van der Waals surface area (Å²) in [6, 6.07) is 16.1. The molecule has 0 aliphatic carbocycles. The summed E-state index contributed by atoms with van der Waals surface area (Å²) < 4.78 is 62.4. The van der Waals surface area contributed by atoms with Crippen molar-refractivity contribution in [3.8, 4) is 23.0 Å². The predicted molar refractivity (Wildman–Crippen MR) is 126 cm³/mol. The van der Waals surface area contributed by atoms with Crippen LogP contribution in [0.5, 0.6) is 23.0 Å². The Morgan fingerprint density at radius 2 is 1.53 bits per heavy atom. The summed E-state index contributed by atoms with van der Waals surface area (Å²) in [5.41, 5.74) is -0.254. The number of alkyl halides is 3. The van der Waals surface area contributed by atoms with E-state index in [1.165, 1.54) is 36.4 Å². The zero-order chi connectivity index (χ0) is 25.9. The third-order valence-electron chi connectivity index (χ3n) is 5.24. The summed E-state index contributed by atoms with van der Waals surface area (Å²) in [4.78, 5) is 25.4. The van der Waals surface area contributed by atoms with Crippen molar-refractivity contribution in [3.05, 3.63) is 93.8 Å². The van der Waals surface area contributed by atoms with Crippen LogP contribution in [0.4, 0.5) is 13.2 Å². The average Bonchev–Trinajstić information content (AvgIpc) is 2.86. The first-order chi connectivity index (χ1) is 17.2. The van der Waals surface area contributed by atoms with Crippen LogP contribution >= 0.6 is 0 Å². The van der Waals surface area contributed by atoms with Crippen molar-refractivity contribution >= 4 is 16.9 Å². The van der Waals surface area contributed by atoms with E-state index < -0.39 is 34.7 Å². The molecular formula is C27H21F3O6. The van der Waals surface area contributed by atoms with Crippen LogP contribution in [0, 0.1) is 0 Å². The van der Waals surface area contributed by atoms with Crippen molar-refractivity contribution < 1.29 is 36.6 Å². The molecule has 36 heavy (non-hydrogen) atoms. The molecule has 4 rings (SSSR count). The minimum atomic E-state index is -5.01. The Labute approximate surface area is 203 Å². The van der Waals surface area contributed by atoms with Crippen molar-refractivity contribution in [3.63, 3.8) is 0 Å². The number of carbonyl (C=O) groups excluding carboxylic acids is 1. The van der Waals surface area contributed by atoms with Gasteiger partial charge in [-0.25, -0.2) is 4.79 Å². The Balaban J connectivity index is 1.67. The molecule has 1 heterocycles. The van der Waals surface area contributed by atoms with Gasteiger partial charge in [0, 0.05) is 6.07 Å². The molecule has 0 N–H and O–H groups in total. The van der Waals surface area contributed by atoms with Crippen LogP contribution < -0.4 is 19.6 Å². The standard InChI is InChI=1S/C27H21F3O6/c1-3-16-5-9-19(10-6-16)34-24-23(31)21-14-13-20(15-22(21)36-25(24)27(28,29)30)35-26(32)17-7-11-18(12-8-17)33-4-2/h5-15H,3-4H2,1-2H3. The molecule has 0 fully saturated rings. The molecule has 0 spiro atoms. The Morgan fingerprint density at radius 1 is 0.889 bits per heavy atom. The van der Waals surface area contributed by atoms with Gasteiger partial charge in [-0.05, 0) is 67.4 Å². The predicted octanol–water partition coefficient (Wildman–Crippen LogP) is 6.78. The molecule has 0 aliphatic rings. The third-order valence-corrected chi connectivity index (χ3v) is 5.24. The maximum Gasteiger partial charge on any atom is 0.453 e. The van der Waals surface area contributed by atoms with Gasteiger partial charge in [0.25, 0.3) is 5.76 Å². The second kappa shape index (κ2) is 10.2. The Bertz CT molecular complexity index is 1440. The van der Waals surface area contributed by atoms with Gasteiger partial charge in [-0.3, -0.25) is 4.79 Å². The molecule has 4 aromatic rings. The van der Waals surface area contributed by atoms with E-state index in [0.717, 1.165) is 18.1 Å². The van der Waals surface area contributed by atoms with Crippen LogP contribution in [0.25, 0.3) is 11.0 Å². The number of hydrogen-bond acceptors (Lipinski definition) is 6. The number of benzene rings is 3. The smallest absolute Gasteiger partial charge is 0.453 e. The molecule has 1 aromatic heterocycles. The molecule has 0 radical (unpaired) electrons. The monoisotopic (exact) mass is 498 g/mol. The van der Waals surface area contributed by atoms with Crippen LogP contribution in [-0.4, -0.2) is 12.6 Å². The fourth-order valence-corrected chi connectivity index (χ4v) is 3.43. The third kappa shape index (κ3) is 5.35. The van der Waals surface area contributed by atoms with Gasteiger partial charge in [0.15, 0.2) is 0 Å². The second-order valence-corrected chi connectivity index (χ2v) is 7.69. The van der Waals surface area contributed by atoms with Gasteiger partial charge in [-0.1, -0.05) is 19.1 Å². The molecule has 0 bridgehead atoms. The number of ether oxygens (including phenoxy) is 3. The topological polar surface area (TPSA) is 75.0 Å². The minimum absolute atomic E-state index is 0.0604. The van der Waals surface area contributed by atoms with E-state index in [1.807, 2.05) is 13.8 Å². The van der Waals surface area contributed by atoms with E-state index in [-0.39, 0.29) is 22.4 Å². The summed E-state index contributed by atoms with van der Waals surface area (Å²) in [7, 11) is 0. The maximum atomic E-state index is 13.8. The number of halogens is 3. The average molecular weight is 498 g/mol. The fraction of sp³-hybridized carbons (Fsp3) is 0.185. The zero-order valence-corrected chi connectivity index (χ0v) is 19.3. The van der Waals surface area contributed by atoms with Crippen LogP contribution in [0.15, 0.2) is 75.9 Å². The molecule has 0 atom stereocenters. The van der Waals surface area contributed by atoms with Crippen molar-refractivity contribution in [1.82, 2.24) is 0 Å². The van der Waals surface area contributed by atoms with Gasteiger partial charge in [0.1, 0.15) is 22.8 Å². The lowest BCUT2D eigenvalue weighted by Gasteiger charge is -2.14. The molecule has 6 nitrogen and oxygen atoms in total. The number of aryl methyl sites for hydroxylation is 1. The molecule has 0 saturated heterocycles.